The Hall–Kier alpha value is -1.09. The maximum absolute atomic E-state index is 13.4. The minimum atomic E-state index is -0.242. The van der Waals surface area contributed by atoms with Gasteiger partial charge in [0.2, 0.25) is 0 Å². The van der Waals surface area contributed by atoms with E-state index in [0.29, 0.717) is 24.3 Å². The average Bonchev–Trinajstić information content (AvgIpc) is 2.10. The summed E-state index contributed by atoms with van der Waals surface area (Å²) in [5.41, 5.74) is 6.23. The lowest BCUT2D eigenvalue weighted by atomic mass is 10.1. The summed E-state index contributed by atoms with van der Waals surface area (Å²) in [4.78, 5) is 0. The van der Waals surface area contributed by atoms with Crippen molar-refractivity contribution >= 4 is 0 Å². The molecule has 14 heavy (non-hydrogen) atoms. The largest absolute Gasteiger partial charge is 0.494 e. The monoisotopic (exact) mass is 197 g/mol. The van der Waals surface area contributed by atoms with Crippen LogP contribution in [-0.2, 0) is 6.42 Å². The molecular weight excluding hydrogens is 181 g/mol. The first-order chi connectivity index (χ1) is 6.63. The van der Waals surface area contributed by atoms with Crippen LogP contribution in [0.1, 0.15) is 19.4 Å². The maximum Gasteiger partial charge on any atom is 0.130 e. The van der Waals surface area contributed by atoms with Crippen molar-refractivity contribution in [1.82, 2.24) is 0 Å². The molecule has 1 rings (SSSR count). The van der Waals surface area contributed by atoms with E-state index in [-0.39, 0.29) is 11.9 Å². The smallest absolute Gasteiger partial charge is 0.130 e. The summed E-state index contributed by atoms with van der Waals surface area (Å²) in [7, 11) is 0. The van der Waals surface area contributed by atoms with Crippen LogP contribution >= 0.6 is 0 Å². The molecule has 1 unspecified atom stereocenters. The molecule has 0 saturated carbocycles. The molecule has 0 saturated heterocycles. The molecule has 1 aromatic carbocycles. The van der Waals surface area contributed by atoms with Crippen LogP contribution in [0.4, 0.5) is 4.39 Å². The molecule has 0 aliphatic heterocycles. The number of rotatable bonds is 4. The van der Waals surface area contributed by atoms with Crippen LogP contribution in [0.15, 0.2) is 18.2 Å². The van der Waals surface area contributed by atoms with E-state index in [0.717, 1.165) is 0 Å². The van der Waals surface area contributed by atoms with Gasteiger partial charge in [-0.3, -0.25) is 0 Å². The van der Waals surface area contributed by atoms with Crippen LogP contribution in [0.3, 0.4) is 0 Å². The van der Waals surface area contributed by atoms with Gasteiger partial charge in [-0.2, -0.15) is 0 Å². The molecule has 0 aliphatic carbocycles. The molecule has 0 spiro atoms. The lowest BCUT2D eigenvalue weighted by Gasteiger charge is -2.08. The molecule has 0 heterocycles. The van der Waals surface area contributed by atoms with Gasteiger partial charge < -0.3 is 10.5 Å². The summed E-state index contributed by atoms with van der Waals surface area (Å²) in [6.45, 7) is 4.27. The van der Waals surface area contributed by atoms with E-state index in [9.17, 15) is 4.39 Å². The zero-order chi connectivity index (χ0) is 10.6. The molecule has 0 bridgehead atoms. The van der Waals surface area contributed by atoms with E-state index >= 15 is 0 Å². The zero-order valence-electron chi connectivity index (χ0n) is 8.59. The zero-order valence-corrected chi connectivity index (χ0v) is 8.59. The molecule has 0 amide bonds. The molecule has 1 aromatic rings. The quantitative estimate of drug-likeness (QED) is 0.802. The highest BCUT2D eigenvalue weighted by atomic mass is 19.1. The molecule has 0 fully saturated rings. The van der Waals surface area contributed by atoms with E-state index in [1.165, 1.54) is 6.07 Å². The van der Waals surface area contributed by atoms with Crippen LogP contribution in [-0.4, -0.2) is 12.6 Å². The van der Waals surface area contributed by atoms with Gasteiger partial charge in [0.25, 0.3) is 0 Å². The van der Waals surface area contributed by atoms with Crippen LogP contribution in [0.25, 0.3) is 0 Å². The predicted octanol–water partition coefficient (Wildman–Crippen LogP) is 2.11. The fourth-order valence-electron chi connectivity index (χ4n) is 1.30. The van der Waals surface area contributed by atoms with Crippen molar-refractivity contribution in [1.29, 1.82) is 0 Å². The number of halogens is 1. The second-order valence-corrected chi connectivity index (χ2v) is 3.37. The standard InChI is InChI=1S/C11H16FNO/c1-3-14-10-5-4-9(6-8(2)13)11(12)7-10/h4-5,7-8H,3,6,13H2,1-2H3. The molecule has 78 valence electrons. The number of ether oxygens (including phenoxy) is 1. The number of benzene rings is 1. The third-order valence-electron chi connectivity index (χ3n) is 1.88. The van der Waals surface area contributed by atoms with E-state index in [1.54, 1.807) is 12.1 Å². The molecule has 0 radical (unpaired) electrons. The second kappa shape index (κ2) is 4.96. The first-order valence-electron chi connectivity index (χ1n) is 4.80. The predicted molar refractivity (Wildman–Crippen MR) is 54.9 cm³/mol. The van der Waals surface area contributed by atoms with Gasteiger partial charge in [0.1, 0.15) is 11.6 Å². The molecular formula is C11H16FNO. The normalized spacial score (nSPS) is 12.6. The molecule has 2 nitrogen and oxygen atoms in total. The minimum absolute atomic E-state index is 0.0255. The third-order valence-corrected chi connectivity index (χ3v) is 1.88. The van der Waals surface area contributed by atoms with Gasteiger partial charge in [0.15, 0.2) is 0 Å². The summed E-state index contributed by atoms with van der Waals surface area (Å²) in [5, 5.41) is 0. The fourth-order valence-corrected chi connectivity index (χ4v) is 1.30. The Kier molecular flexibility index (Phi) is 3.89. The summed E-state index contributed by atoms with van der Waals surface area (Å²) in [6, 6.07) is 4.87. The van der Waals surface area contributed by atoms with Gasteiger partial charge in [-0.15, -0.1) is 0 Å². The van der Waals surface area contributed by atoms with E-state index in [4.69, 9.17) is 10.5 Å². The Balaban J connectivity index is 2.79. The molecule has 3 heteroatoms. The van der Waals surface area contributed by atoms with Crippen molar-refractivity contribution in [3.63, 3.8) is 0 Å². The van der Waals surface area contributed by atoms with Gasteiger partial charge in [-0.05, 0) is 31.9 Å². The molecule has 0 aliphatic rings. The first-order valence-corrected chi connectivity index (χ1v) is 4.80. The van der Waals surface area contributed by atoms with Gasteiger partial charge in [0, 0.05) is 12.1 Å². The Labute approximate surface area is 83.9 Å². The SMILES string of the molecule is CCOc1ccc(CC(C)N)c(F)c1. The molecule has 1 atom stereocenters. The van der Waals surface area contributed by atoms with E-state index in [2.05, 4.69) is 0 Å². The Morgan fingerprint density at radius 1 is 1.50 bits per heavy atom. The van der Waals surface area contributed by atoms with Crippen LogP contribution in [0, 0.1) is 5.82 Å². The maximum atomic E-state index is 13.4. The van der Waals surface area contributed by atoms with Crippen molar-refractivity contribution < 1.29 is 9.13 Å². The lowest BCUT2D eigenvalue weighted by molar-refractivity contribution is 0.338. The Morgan fingerprint density at radius 3 is 2.71 bits per heavy atom. The van der Waals surface area contributed by atoms with Gasteiger partial charge >= 0.3 is 0 Å². The summed E-state index contributed by atoms with van der Waals surface area (Å²) in [6.07, 6.45) is 0.554. The summed E-state index contributed by atoms with van der Waals surface area (Å²) >= 11 is 0. The van der Waals surface area contributed by atoms with Gasteiger partial charge in [-0.1, -0.05) is 6.07 Å². The summed E-state index contributed by atoms with van der Waals surface area (Å²) < 4.78 is 18.6. The number of nitrogens with two attached hydrogens (primary N) is 1. The highest BCUT2D eigenvalue weighted by Crippen LogP contribution is 2.17. The van der Waals surface area contributed by atoms with Gasteiger partial charge in [0.05, 0.1) is 6.61 Å². The fraction of sp³-hybridized carbons (Fsp3) is 0.455. The molecule has 2 N–H and O–H groups in total. The van der Waals surface area contributed by atoms with E-state index < -0.39 is 0 Å². The van der Waals surface area contributed by atoms with E-state index in [1.807, 2.05) is 13.8 Å². The second-order valence-electron chi connectivity index (χ2n) is 3.37. The van der Waals surface area contributed by atoms with Crippen molar-refractivity contribution in [3.8, 4) is 5.75 Å². The number of hydrogen-bond donors (Lipinski definition) is 1. The third kappa shape index (κ3) is 3.00. The lowest BCUT2D eigenvalue weighted by Crippen LogP contribution is -2.18. The minimum Gasteiger partial charge on any atom is -0.494 e. The van der Waals surface area contributed by atoms with Crippen molar-refractivity contribution in [2.24, 2.45) is 5.73 Å². The first kappa shape index (κ1) is 11.0. The highest BCUT2D eigenvalue weighted by Gasteiger charge is 2.05. The van der Waals surface area contributed by atoms with Gasteiger partial charge in [-0.25, -0.2) is 4.39 Å². The van der Waals surface area contributed by atoms with Crippen molar-refractivity contribution in [3.05, 3.63) is 29.6 Å². The summed E-state index contributed by atoms with van der Waals surface area (Å²) in [5.74, 6) is 0.326. The van der Waals surface area contributed by atoms with Crippen LogP contribution < -0.4 is 10.5 Å². The topological polar surface area (TPSA) is 35.2 Å². The average molecular weight is 197 g/mol. The Morgan fingerprint density at radius 2 is 2.21 bits per heavy atom. The highest BCUT2D eigenvalue weighted by molar-refractivity contribution is 5.29. The number of hydrogen-bond acceptors (Lipinski definition) is 2. The van der Waals surface area contributed by atoms with Crippen LogP contribution in [0.2, 0.25) is 0 Å². The van der Waals surface area contributed by atoms with Crippen molar-refractivity contribution in [2.45, 2.75) is 26.3 Å². The Bertz CT molecular complexity index is 299. The van der Waals surface area contributed by atoms with Crippen LogP contribution in [0.5, 0.6) is 5.75 Å². The molecule has 0 aromatic heterocycles. The van der Waals surface area contributed by atoms with Crippen molar-refractivity contribution in [2.75, 3.05) is 6.61 Å².